The van der Waals surface area contributed by atoms with Crippen molar-refractivity contribution in [3.8, 4) is 0 Å². The summed E-state index contributed by atoms with van der Waals surface area (Å²) >= 11 is 6.26. The fraction of sp³-hybridized carbons (Fsp3) is 0.200. The Hall–Kier alpha value is -3.36. The van der Waals surface area contributed by atoms with Crippen molar-refractivity contribution < 1.29 is 18.0 Å². The van der Waals surface area contributed by atoms with Crippen molar-refractivity contribution in [1.29, 1.82) is 0 Å². The number of nitrogens with one attached hydrogen (secondary N) is 1. The summed E-state index contributed by atoms with van der Waals surface area (Å²) in [5.41, 5.74) is 3.13. The quantitative estimate of drug-likeness (QED) is 0.562. The predicted molar refractivity (Wildman–Crippen MR) is 132 cm³/mol. The molecule has 0 bridgehead atoms. The van der Waals surface area contributed by atoms with Gasteiger partial charge in [-0.1, -0.05) is 41.9 Å². The Morgan fingerprint density at radius 3 is 2.38 bits per heavy atom. The van der Waals surface area contributed by atoms with Crippen molar-refractivity contribution >= 4 is 39.1 Å². The lowest BCUT2D eigenvalue weighted by Crippen LogP contribution is -2.30. The average molecular weight is 498 g/mol. The van der Waals surface area contributed by atoms with Crippen molar-refractivity contribution in [3.63, 3.8) is 0 Å². The largest absolute Gasteiger partial charge is 0.348 e. The van der Waals surface area contributed by atoms with Gasteiger partial charge in [0.15, 0.2) is 0 Å². The molecule has 1 heterocycles. The van der Waals surface area contributed by atoms with Gasteiger partial charge in [0.05, 0.1) is 10.7 Å². The van der Waals surface area contributed by atoms with Gasteiger partial charge >= 0.3 is 0 Å². The molecule has 9 heteroatoms. The molecule has 0 atom stereocenters. The van der Waals surface area contributed by atoms with E-state index in [0.717, 1.165) is 11.1 Å². The number of nitrogens with zero attached hydrogens (tertiary/aromatic N) is 2. The lowest BCUT2D eigenvalue weighted by Gasteiger charge is -2.20. The topological polar surface area (TPSA) is 86.8 Å². The van der Waals surface area contributed by atoms with Crippen LogP contribution in [0.5, 0.6) is 0 Å². The Morgan fingerprint density at radius 2 is 1.68 bits per heavy atom. The van der Waals surface area contributed by atoms with Crippen molar-refractivity contribution in [2.75, 3.05) is 24.9 Å². The lowest BCUT2D eigenvalue weighted by molar-refractivity contribution is 0.0827. The molecule has 0 spiro atoms. The average Bonchev–Trinajstić information content (AvgIpc) is 3.27. The van der Waals surface area contributed by atoms with E-state index in [9.17, 15) is 18.0 Å². The number of hydrogen-bond acceptors (Lipinski definition) is 4. The number of amides is 2. The van der Waals surface area contributed by atoms with Gasteiger partial charge in [0.25, 0.3) is 21.8 Å². The molecule has 0 fully saturated rings. The van der Waals surface area contributed by atoms with Crippen LogP contribution in [0.4, 0.5) is 5.69 Å². The fourth-order valence-electron chi connectivity index (χ4n) is 3.83. The third-order valence-electron chi connectivity index (χ3n) is 5.67. The van der Waals surface area contributed by atoms with E-state index in [1.165, 1.54) is 27.4 Å². The highest BCUT2D eigenvalue weighted by Crippen LogP contribution is 2.35. The van der Waals surface area contributed by atoms with E-state index in [2.05, 4.69) is 5.32 Å². The Labute approximate surface area is 204 Å². The molecular formula is C25H24ClN3O4S. The molecule has 0 unspecified atom stereocenters. The Morgan fingerprint density at radius 1 is 1.00 bits per heavy atom. The molecule has 0 aromatic heterocycles. The second kappa shape index (κ2) is 9.48. The van der Waals surface area contributed by atoms with Crippen LogP contribution in [0.25, 0.3) is 0 Å². The van der Waals surface area contributed by atoms with Gasteiger partial charge in [-0.3, -0.25) is 13.9 Å². The smallest absolute Gasteiger partial charge is 0.265 e. The number of benzene rings is 3. The van der Waals surface area contributed by atoms with Gasteiger partial charge in [-0.2, -0.15) is 0 Å². The number of para-hydroxylation sites is 1. The zero-order valence-electron chi connectivity index (χ0n) is 18.8. The standard InChI is InChI=1S/C25H24ClN3O4S/c1-28(2)25(31)19-9-7-17(8-10-19)16-27-24(30)20-11-12-21(26)23(15-20)34(32,33)29-14-13-18-5-3-4-6-22(18)29/h3-12,15H,13-14,16H2,1-2H3,(H,27,30). The van der Waals surface area contributed by atoms with Crippen LogP contribution in [0.1, 0.15) is 31.8 Å². The highest BCUT2D eigenvalue weighted by molar-refractivity contribution is 7.93. The maximum atomic E-state index is 13.4. The summed E-state index contributed by atoms with van der Waals surface area (Å²) in [5, 5.41) is 2.84. The Kier molecular flexibility index (Phi) is 6.63. The minimum absolute atomic E-state index is 0.0575. The van der Waals surface area contributed by atoms with Gasteiger partial charge < -0.3 is 10.2 Å². The van der Waals surface area contributed by atoms with Crippen molar-refractivity contribution in [2.45, 2.75) is 17.9 Å². The van der Waals surface area contributed by atoms with Crippen molar-refractivity contribution in [1.82, 2.24) is 10.2 Å². The fourth-order valence-corrected chi connectivity index (χ4v) is 5.83. The summed E-state index contributed by atoms with van der Waals surface area (Å²) in [6.45, 7) is 0.542. The van der Waals surface area contributed by atoms with Crippen LogP contribution in [0.3, 0.4) is 0 Å². The SMILES string of the molecule is CN(C)C(=O)c1ccc(CNC(=O)c2ccc(Cl)c(S(=O)(=O)N3CCc4ccccc43)c2)cc1. The number of rotatable bonds is 6. The second-order valence-corrected chi connectivity index (χ2v) is 10.4. The van der Waals surface area contributed by atoms with Gasteiger partial charge in [0.2, 0.25) is 0 Å². The molecule has 0 aliphatic carbocycles. The van der Waals surface area contributed by atoms with Crippen LogP contribution in [0.15, 0.2) is 71.6 Å². The molecule has 3 aromatic rings. The van der Waals surface area contributed by atoms with E-state index in [0.29, 0.717) is 24.2 Å². The molecule has 3 aromatic carbocycles. The van der Waals surface area contributed by atoms with Crippen LogP contribution < -0.4 is 9.62 Å². The molecule has 176 valence electrons. The van der Waals surface area contributed by atoms with Crippen LogP contribution in [-0.2, 0) is 23.0 Å². The Balaban J connectivity index is 1.51. The summed E-state index contributed by atoms with van der Waals surface area (Å²) in [6.07, 6.45) is 0.617. The molecule has 1 aliphatic rings. The summed E-state index contributed by atoms with van der Waals surface area (Å²) in [7, 11) is -0.580. The van der Waals surface area contributed by atoms with Crippen molar-refractivity contribution in [2.24, 2.45) is 0 Å². The summed E-state index contributed by atoms with van der Waals surface area (Å²) in [5.74, 6) is -0.533. The molecule has 1 N–H and O–H groups in total. The minimum Gasteiger partial charge on any atom is -0.348 e. The van der Waals surface area contributed by atoms with Gasteiger partial charge in [-0.25, -0.2) is 8.42 Å². The van der Waals surface area contributed by atoms with Crippen LogP contribution in [0.2, 0.25) is 5.02 Å². The van der Waals surface area contributed by atoms with E-state index in [1.807, 2.05) is 12.1 Å². The van der Waals surface area contributed by atoms with Crippen LogP contribution in [0, 0.1) is 0 Å². The van der Waals surface area contributed by atoms with E-state index in [-0.39, 0.29) is 27.9 Å². The van der Waals surface area contributed by atoms with Gasteiger partial charge in [-0.15, -0.1) is 0 Å². The first-order valence-corrected chi connectivity index (χ1v) is 12.5. The van der Waals surface area contributed by atoms with Gasteiger partial charge in [-0.05, 0) is 53.9 Å². The van der Waals surface area contributed by atoms with Gasteiger partial charge in [0.1, 0.15) is 4.90 Å². The molecule has 4 rings (SSSR count). The van der Waals surface area contributed by atoms with Gasteiger partial charge in [0, 0.05) is 38.3 Å². The first kappa shape index (κ1) is 23.8. The highest BCUT2D eigenvalue weighted by atomic mass is 35.5. The number of hydrogen-bond donors (Lipinski definition) is 1. The monoisotopic (exact) mass is 497 g/mol. The number of sulfonamides is 1. The molecule has 2 amide bonds. The van der Waals surface area contributed by atoms with E-state index >= 15 is 0 Å². The number of halogens is 1. The summed E-state index contributed by atoms with van der Waals surface area (Å²) in [4.78, 5) is 26.2. The minimum atomic E-state index is -3.94. The van der Waals surface area contributed by atoms with E-state index in [1.54, 1.807) is 50.5 Å². The maximum Gasteiger partial charge on any atom is 0.265 e. The molecule has 0 saturated heterocycles. The van der Waals surface area contributed by atoms with Crippen LogP contribution in [-0.4, -0.2) is 45.8 Å². The maximum absolute atomic E-state index is 13.4. The lowest BCUT2D eigenvalue weighted by atomic mass is 10.1. The molecule has 1 aliphatic heterocycles. The van der Waals surface area contributed by atoms with E-state index in [4.69, 9.17) is 11.6 Å². The molecule has 0 radical (unpaired) electrons. The molecule has 7 nitrogen and oxygen atoms in total. The van der Waals surface area contributed by atoms with E-state index < -0.39 is 15.9 Å². The first-order chi connectivity index (χ1) is 16.2. The predicted octanol–water partition coefficient (Wildman–Crippen LogP) is 3.72. The third kappa shape index (κ3) is 4.64. The van der Waals surface area contributed by atoms with Crippen molar-refractivity contribution in [3.05, 3.63) is 94.0 Å². The molecule has 34 heavy (non-hydrogen) atoms. The molecular weight excluding hydrogens is 474 g/mol. The number of fused-ring (bicyclic) bond motifs is 1. The number of carbonyl (C=O) groups excluding carboxylic acids is 2. The zero-order valence-corrected chi connectivity index (χ0v) is 20.4. The third-order valence-corrected chi connectivity index (χ3v) is 7.96. The highest BCUT2D eigenvalue weighted by Gasteiger charge is 2.32. The zero-order chi connectivity index (χ0) is 24.5. The summed E-state index contributed by atoms with van der Waals surface area (Å²) < 4.78 is 28.1. The summed E-state index contributed by atoms with van der Waals surface area (Å²) in [6, 6.07) is 18.5. The second-order valence-electron chi connectivity index (χ2n) is 8.18. The number of carbonyl (C=O) groups is 2. The normalized spacial score (nSPS) is 12.9. The molecule has 0 saturated carbocycles. The Bertz CT molecular complexity index is 1350. The van der Waals surface area contributed by atoms with Crippen LogP contribution >= 0.6 is 11.6 Å². The first-order valence-electron chi connectivity index (χ1n) is 10.7. The number of anilines is 1.